The molecule has 0 aromatic heterocycles. The molecular weight excluding hydrogens is 234 g/mol. The molecule has 1 fully saturated rings. The summed E-state index contributed by atoms with van der Waals surface area (Å²) in [6.45, 7) is 6.47. The Bertz CT molecular complexity index is 428. The monoisotopic (exact) mass is 261 g/mol. The minimum absolute atomic E-state index is 0.312. The number of nitrogens with one attached hydrogen (secondary N) is 1. The van der Waals surface area contributed by atoms with Gasteiger partial charge in [0, 0.05) is 6.04 Å². The lowest BCUT2D eigenvalue weighted by molar-refractivity contribution is 0.147. The molecule has 0 amide bonds. The van der Waals surface area contributed by atoms with Crippen molar-refractivity contribution >= 4 is 0 Å². The summed E-state index contributed by atoms with van der Waals surface area (Å²) in [4.78, 5) is 0. The zero-order chi connectivity index (χ0) is 13.8. The van der Waals surface area contributed by atoms with Gasteiger partial charge in [-0.2, -0.15) is 0 Å². The third-order valence-corrected chi connectivity index (χ3v) is 4.37. The second-order valence-electron chi connectivity index (χ2n) is 5.89. The highest BCUT2D eigenvalue weighted by molar-refractivity contribution is 5.42. The number of aryl methyl sites for hydroxylation is 2. The van der Waals surface area contributed by atoms with E-state index in [9.17, 15) is 0 Å². The molecule has 1 aliphatic rings. The van der Waals surface area contributed by atoms with Gasteiger partial charge in [-0.15, -0.1) is 0 Å². The maximum atomic E-state index is 6.37. The van der Waals surface area contributed by atoms with Crippen LogP contribution in [0.2, 0.25) is 0 Å². The zero-order valence-corrected chi connectivity index (χ0v) is 12.8. The summed E-state index contributed by atoms with van der Waals surface area (Å²) < 4.78 is 6.37. The van der Waals surface area contributed by atoms with E-state index in [1.807, 2.05) is 0 Å². The third kappa shape index (κ3) is 3.50. The van der Waals surface area contributed by atoms with Crippen molar-refractivity contribution < 1.29 is 4.74 Å². The van der Waals surface area contributed by atoms with Gasteiger partial charge in [-0.05, 0) is 69.8 Å². The molecule has 0 heterocycles. The van der Waals surface area contributed by atoms with Gasteiger partial charge in [-0.3, -0.25) is 0 Å². The van der Waals surface area contributed by atoms with Crippen molar-refractivity contribution in [3.05, 3.63) is 28.8 Å². The molecule has 0 saturated heterocycles. The fourth-order valence-electron chi connectivity index (χ4n) is 3.03. The van der Waals surface area contributed by atoms with E-state index in [1.54, 1.807) is 0 Å². The van der Waals surface area contributed by atoms with Crippen molar-refractivity contribution in [2.75, 3.05) is 7.05 Å². The summed E-state index contributed by atoms with van der Waals surface area (Å²) in [5.41, 5.74) is 3.89. The molecule has 0 radical (unpaired) electrons. The minimum atomic E-state index is 0.312. The third-order valence-electron chi connectivity index (χ3n) is 4.37. The predicted octanol–water partition coefficient (Wildman–Crippen LogP) is 3.91. The molecule has 1 aliphatic carbocycles. The van der Waals surface area contributed by atoms with E-state index >= 15 is 0 Å². The van der Waals surface area contributed by atoms with E-state index in [-0.39, 0.29) is 0 Å². The van der Waals surface area contributed by atoms with Gasteiger partial charge < -0.3 is 10.1 Å². The van der Waals surface area contributed by atoms with E-state index in [0.29, 0.717) is 12.1 Å². The van der Waals surface area contributed by atoms with Crippen molar-refractivity contribution in [2.24, 2.45) is 0 Å². The smallest absolute Gasteiger partial charge is 0.123 e. The first-order valence-electron chi connectivity index (χ1n) is 7.53. The summed E-state index contributed by atoms with van der Waals surface area (Å²) in [5, 5.41) is 3.44. The fourth-order valence-corrected chi connectivity index (χ4v) is 3.03. The average molecular weight is 261 g/mol. The summed E-state index contributed by atoms with van der Waals surface area (Å²) in [6, 6.07) is 4.90. The van der Waals surface area contributed by atoms with E-state index in [0.717, 1.165) is 12.2 Å². The van der Waals surface area contributed by atoms with E-state index in [2.05, 4.69) is 45.3 Å². The second-order valence-corrected chi connectivity index (χ2v) is 5.89. The number of likely N-dealkylation sites (N-methyl/N-ethyl adjacent to an activating group) is 1. The number of hydrogen-bond donors (Lipinski definition) is 1. The van der Waals surface area contributed by atoms with Gasteiger partial charge in [-0.25, -0.2) is 0 Å². The highest BCUT2D eigenvalue weighted by atomic mass is 16.5. The van der Waals surface area contributed by atoms with Crippen LogP contribution in [0.5, 0.6) is 5.75 Å². The van der Waals surface area contributed by atoms with Crippen LogP contribution in [0.15, 0.2) is 12.1 Å². The molecule has 2 nitrogen and oxygen atoms in total. The van der Waals surface area contributed by atoms with Crippen LogP contribution in [0.25, 0.3) is 0 Å². The Morgan fingerprint density at radius 2 is 1.79 bits per heavy atom. The fraction of sp³-hybridized carbons (Fsp3) is 0.647. The molecule has 1 aromatic carbocycles. The zero-order valence-electron chi connectivity index (χ0n) is 12.8. The van der Waals surface area contributed by atoms with Gasteiger partial charge in [0.25, 0.3) is 0 Å². The van der Waals surface area contributed by atoms with Crippen molar-refractivity contribution in [2.45, 2.75) is 65.0 Å². The normalized spacial score (nSPS) is 24.0. The number of hydrogen-bond acceptors (Lipinski definition) is 2. The lowest BCUT2D eigenvalue weighted by Gasteiger charge is -2.27. The first-order valence-corrected chi connectivity index (χ1v) is 7.53. The van der Waals surface area contributed by atoms with Gasteiger partial charge >= 0.3 is 0 Å². The van der Waals surface area contributed by atoms with Crippen molar-refractivity contribution in [3.63, 3.8) is 0 Å². The van der Waals surface area contributed by atoms with Crippen molar-refractivity contribution in [1.82, 2.24) is 5.32 Å². The van der Waals surface area contributed by atoms with Crippen LogP contribution in [0.4, 0.5) is 0 Å². The number of rotatable bonds is 3. The van der Waals surface area contributed by atoms with Gasteiger partial charge in [0.15, 0.2) is 0 Å². The lowest BCUT2D eigenvalue weighted by atomic mass is 10.0. The van der Waals surface area contributed by atoms with Crippen LogP contribution in [0.1, 0.15) is 48.8 Å². The Labute approximate surface area is 117 Å². The Morgan fingerprint density at radius 3 is 2.53 bits per heavy atom. The van der Waals surface area contributed by atoms with Gasteiger partial charge in [0.1, 0.15) is 11.9 Å². The molecule has 2 unspecified atom stereocenters. The molecule has 106 valence electrons. The molecular formula is C17H27NO. The Morgan fingerprint density at radius 1 is 1.05 bits per heavy atom. The lowest BCUT2D eigenvalue weighted by Crippen LogP contribution is -2.40. The highest BCUT2D eigenvalue weighted by Gasteiger charge is 2.24. The molecule has 1 aromatic rings. The molecule has 0 bridgehead atoms. The largest absolute Gasteiger partial charge is 0.489 e. The molecule has 1 saturated carbocycles. The summed E-state index contributed by atoms with van der Waals surface area (Å²) in [5.74, 6) is 1.07. The first-order chi connectivity index (χ1) is 9.11. The summed E-state index contributed by atoms with van der Waals surface area (Å²) >= 11 is 0. The Balaban J connectivity index is 2.18. The topological polar surface area (TPSA) is 21.3 Å². The molecule has 2 heteroatoms. The minimum Gasteiger partial charge on any atom is -0.489 e. The van der Waals surface area contributed by atoms with Crippen LogP contribution < -0.4 is 10.1 Å². The van der Waals surface area contributed by atoms with Crippen LogP contribution in [0, 0.1) is 20.8 Å². The van der Waals surface area contributed by atoms with Crippen LogP contribution in [-0.4, -0.2) is 19.2 Å². The number of ether oxygens (including phenoxy) is 1. The van der Waals surface area contributed by atoms with E-state index in [1.165, 1.54) is 42.4 Å². The van der Waals surface area contributed by atoms with Gasteiger partial charge in [0.2, 0.25) is 0 Å². The molecule has 1 N–H and O–H groups in total. The van der Waals surface area contributed by atoms with Crippen LogP contribution >= 0.6 is 0 Å². The van der Waals surface area contributed by atoms with Crippen LogP contribution in [0.3, 0.4) is 0 Å². The van der Waals surface area contributed by atoms with Crippen molar-refractivity contribution in [3.8, 4) is 5.75 Å². The van der Waals surface area contributed by atoms with Crippen LogP contribution in [-0.2, 0) is 0 Å². The summed E-state index contributed by atoms with van der Waals surface area (Å²) in [6.07, 6.45) is 6.64. The standard InChI is InChI=1S/C17H27NO/c1-12-10-13(2)14(3)17(11-12)19-16-9-7-5-6-8-15(16)18-4/h10-11,15-16,18H,5-9H2,1-4H3. The maximum Gasteiger partial charge on any atom is 0.123 e. The van der Waals surface area contributed by atoms with Crippen molar-refractivity contribution in [1.29, 1.82) is 0 Å². The molecule has 0 aliphatic heterocycles. The second kappa shape index (κ2) is 6.42. The average Bonchev–Trinajstić information content (AvgIpc) is 2.60. The van der Waals surface area contributed by atoms with Gasteiger partial charge in [-0.1, -0.05) is 18.9 Å². The molecule has 2 rings (SSSR count). The molecule has 19 heavy (non-hydrogen) atoms. The SMILES string of the molecule is CNC1CCCCCC1Oc1cc(C)cc(C)c1C. The molecule has 2 atom stereocenters. The Kier molecular flexibility index (Phi) is 4.87. The summed E-state index contributed by atoms with van der Waals surface area (Å²) in [7, 11) is 2.06. The Hall–Kier alpha value is -1.02. The maximum absolute atomic E-state index is 6.37. The predicted molar refractivity (Wildman–Crippen MR) is 81.0 cm³/mol. The first kappa shape index (κ1) is 14.4. The quantitative estimate of drug-likeness (QED) is 0.833. The van der Waals surface area contributed by atoms with E-state index < -0.39 is 0 Å². The van der Waals surface area contributed by atoms with Gasteiger partial charge in [0.05, 0.1) is 0 Å². The molecule has 0 spiro atoms. The number of benzene rings is 1. The highest BCUT2D eigenvalue weighted by Crippen LogP contribution is 2.28. The van der Waals surface area contributed by atoms with E-state index in [4.69, 9.17) is 4.74 Å².